The van der Waals surface area contributed by atoms with E-state index in [4.69, 9.17) is 47.4 Å². The van der Waals surface area contributed by atoms with Crippen molar-refractivity contribution >= 4 is 81.3 Å². The molecule has 0 amide bonds. The fourth-order valence-electron chi connectivity index (χ4n) is 13.7. The van der Waals surface area contributed by atoms with Gasteiger partial charge in [0.15, 0.2) is 44.0 Å². The van der Waals surface area contributed by atoms with Crippen LogP contribution in [0.15, 0.2) is 321 Å². The number of hydrogen-bond donors (Lipinski definition) is 0. The summed E-state index contributed by atoms with van der Waals surface area (Å²) in [6.45, 7) is -1.36. The van der Waals surface area contributed by atoms with Crippen LogP contribution >= 0.6 is 31.5 Å². The van der Waals surface area contributed by atoms with E-state index in [9.17, 15) is 28.8 Å². The molecule has 110 heavy (non-hydrogen) atoms. The van der Waals surface area contributed by atoms with Crippen molar-refractivity contribution in [2.45, 2.75) is 48.7 Å². The molecule has 0 bridgehead atoms. The molecule has 0 saturated carbocycles. The topological polar surface area (TPSA) is 195 Å². The standard InChI is InChI=1S/C91H76O16S3/c1-2-91(105-52-50-100-86(93)58-103-68-37-46-83-77(55-68)89(96)74-25-13-16-28-80(74)109(83)71-41-32-65(33-42-71)62-20-8-4-9-21-62,106-53-51-101-87(94)59-104-69-38-47-84-78(56-69)90(97)75-26-14-17-29-81(75)110(84)72-43-34-66(35-44-72)63-22-10-5-11-23-63)107-60-98-48-49-99-85(92)57-102-67-36-45-82-76(54-67)88(95)73-24-12-15-27-79(73)108(82)70-39-30-64(31-40-70)61-18-6-3-7-19-61/h3-47,54-56,73-75H,2,48-53,57-60H2,1H3. The Morgan fingerprint density at radius 3 is 0.973 bits per heavy atom. The Bertz CT molecular complexity index is 5090. The highest BCUT2D eigenvalue weighted by Crippen LogP contribution is 2.51. The minimum Gasteiger partial charge on any atom is -0.482 e. The summed E-state index contributed by atoms with van der Waals surface area (Å²) in [6, 6.07) is 71.8. The minimum absolute atomic E-state index is 0.0519. The van der Waals surface area contributed by atoms with Gasteiger partial charge in [0.25, 0.3) is 5.97 Å². The SMILES string of the molecule is CCC(OCCOC(=O)COc1ccc2c(c1)C(=O)C1C=CC=CC1=S2c1ccc(-c2ccccc2)cc1)(OCCOC(=O)COc1ccc2c(c1)C(=O)C1C=CC=CC1=S2c1ccc(-c2ccccc2)cc1)OCOCCOC(=O)COc1ccc2c(c1)C(=O)C1C=CC=CC1=S2c1ccc(-c2ccccc2)cc1. The number of hydrogen-bond acceptors (Lipinski definition) is 16. The third-order valence-electron chi connectivity index (χ3n) is 19.1. The van der Waals surface area contributed by atoms with Gasteiger partial charge in [-0.05, 0) is 139 Å². The molecule has 0 aromatic heterocycles. The number of Topliss-reactive ketones (excluding diaryl/α,β-unsaturated/α-hetero) is 3. The van der Waals surface area contributed by atoms with Crippen molar-refractivity contribution in [3.63, 3.8) is 0 Å². The lowest BCUT2D eigenvalue weighted by molar-refractivity contribution is -0.401. The van der Waals surface area contributed by atoms with Crippen molar-refractivity contribution in [1.29, 1.82) is 0 Å². The number of fused-ring (bicyclic) bond motifs is 6. The summed E-state index contributed by atoms with van der Waals surface area (Å²) in [6.07, 6.45) is 23.5. The Balaban J connectivity index is 0.556. The summed E-state index contributed by atoms with van der Waals surface area (Å²) in [7, 11) is -1.70. The number of ketones is 3. The van der Waals surface area contributed by atoms with Gasteiger partial charge in [0.2, 0.25) is 0 Å². The monoisotopic (exact) mass is 1520 g/mol. The van der Waals surface area contributed by atoms with E-state index in [1.165, 1.54) is 0 Å². The first-order valence-corrected chi connectivity index (χ1v) is 39.9. The van der Waals surface area contributed by atoms with Crippen LogP contribution in [0.2, 0.25) is 0 Å². The molecule has 3 aliphatic carbocycles. The van der Waals surface area contributed by atoms with Crippen LogP contribution in [0.25, 0.3) is 33.4 Å². The molecule has 3 aliphatic heterocycles. The van der Waals surface area contributed by atoms with E-state index in [-0.39, 0.29) is 63.4 Å². The molecule has 0 radical (unpaired) electrons. The van der Waals surface area contributed by atoms with Gasteiger partial charge in [-0.1, -0.05) is 207 Å². The van der Waals surface area contributed by atoms with Gasteiger partial charge in [0.05, 0.1) is 37.6 Å². The van der Waals surface area contributed by atoms with Crippen LogP contribution in [-0.2, 0) is 47.5 Å². The molecule has 0 saturated heterocycles. The van der Waals surface area contributed by atoms with Crippen LogP contribution in [0.4, 0.5) is 0 Å². The van der Waals surface area contributed by atoms with E-state index >= 15 is 0 Å². The fourth-order valence-corrected chi connectivity index (χ4v) is 21.0. The van der Waals surface area contributed by atoms with E-state index in [2.05, 4.69) is 109 Å². The number of carbonyl (C=O) groups excluding carboxylic acids is 6. The third kappa shape index (κ3) is 16.7. The molecule has 19 heteroatoms. The van der Waals surface area contributed by atoms with Gasteiger partial charge < -0.3 is 47.4 Å². The molecule has 6 unspecified atom stereocenters. The highest BCUT2D eigenvalue weighted by Gasteiger charge is 2.38. The maximum atomic E-state index is 14.1. The Labute approximate surface area is 644 Å². The number of esters is 3. The average Bonchev–Trinajstić information content (AvgIpc) is 0.756. The van der Waals surface area contributed by atoms with Crippen molar-refractivity contribution in [2.75, 3.05) is 66.3 Å². The van der Waals surface area contributed by atoms with Crippen molar-refractivity contribution < 1.29 is 76.1 Å². The third-order valence-corrected chi connectivity index (χ3v) is 26.3. The number of allylic oxidation sites excluding steroid dienone is 12. The summed E-state index contributed by atoms with van der Waals surface area (Å²) in [5, 5.41) is 0. The van der Waals surface area contributed by atoms with Gasteiger partial charge in [0.1, 0.15) is 37.1 Å². The summed E-state index contributed by atoms with van der Waals surface area (Å²) < 4.78 is 58.5. The molecule has 0 fully saturated rings. The number of rotatable bonds is 30. The number of benzene rings is 9. The van der Waals surface area contributed by atoms with Crippen molar-refractivity contribution in [1.82, 2.24) is 0 Å². The normalized spacial score (nSPS) is 18.7. The van der Waals surface area contributed by atoms with Crippen molar-refractivity contribution in [3.05, 3.63) is 308 Å². The van der Waals surface area contributed by atoms with Gasteiger partial charge in [-0.3, -0.25) is 14.4 Å². The molecule has 554 valence electrons. The van der Waals surface area contributed by atoms with Crippen LogP contribution in [-0.4, -0.2) is 122 Å². The van der Waals surface area contributed by atoms with Crippen molar-refractivity contribution in [2.24, 2.45) is 17.8 Å². The summed E-state index contributed by atoms with van der Waals surface area (Å²) in [4.78, 5) is 90.9. The van der Waals surface area contributed by atoms with Gasteiger partial charge in [-0.2, -0.15) is 0 Å². The van der Waals surface area contributed by atoms with Crippen LogP contribution < -0.4 is 14.2 Å². The number of ether oxygens (including phenoxy) is 10. The first-order valence-electron chi connectivity index (χ1n) is 36.2. The molecule has 6 atom stereocenters. The van der Waals surface area contributed by atoms with Crippen LogP contribution in [0, 0.1) is 17.8 Å². The van der Waals surface area contributed by atoms with E-state index in [0.717, 1.165) is 77.3 Å². The lowest BCUT2D eigenvalue weighted by Crippen LogP contribution is -2.41. The summed E-state index contributed by atoms with van der Waals surface area (Å²) >= 11 is 0. The van der Waals surface area contributed by atoms with E-state index in [1.54, 1.807) is 43.3 Å². The molecular weight excluding hydrogens is 1450 g/mol. The predicted octanol–water partition coefficient (Wildman–Crippen LogP) is 17.3. The van der Waals surface area contributed by atoms with E-state index in [1.807, 2.05) is 146 Å². The molecule has 15 rings (SSSR count). The molecule has 0 spiro atoms. The molecule has 6 aliphatic rings. The quantitative estimate of drug-likeness (QED) is 0.0135. The molecule has 9 aromatic rings. The van der Waals surface area contributed by atoms with E-state index < -0.39 is 99.7 Å². The second-order valence-corrected chi connectivity index (χ2v) is 31.9. The molecule has 3 heterocycles. The highest BCUT2D eigenvalue weighted by atomic mass is 32.2. The minimum atomic E-state index is -1.83. The Hall–Kier alpha value is -11.3. The van der Waals surface area contributed by atoms with Gasteiger partial charge in [-0.15, -0.1) is 31.5 Å². The average molecular weight is 1520 g/mol. The van der Waals surface area contributed by atoms with Gasteiger partial charge in [0, 0.05) is 52.5 Å². The predicted molar refractivity (Wildman–Crippen MR) is 427 cm³/mol. The first-order chi connectivity index (χ1) is 54.0. The Kier molecular flexibility index (Phi) is 23.3. The van der Waals surface area contributed by atoms with Crippen molar-refractivity contribution in [3.8, 4) is 50.6 Å². The number of carbonyl (C=O) groups is 6. The maximum absolute atomic E-state index is 14.1. The molecular formula is C91H76O16S3. The largest absolute Gasteiger partial charge is 0.482 e. The van der Waals surface area contributed by atoms with Crippen LogP contribution in [0.3, 0.4) is 0 Å². The zero-order chi connectivity index (χ0) is 75.3. The second-order valence-electron chi connectivity index (χ2n) is 26.0. The Morgan fingerprint density at radius 1 is 0.345 bits per heavy atom. The second kappa shape index (κ2) is 34.5. The zero-order valence-corrected chi connectivity index (χ0v) is 62.4. The molecule has 0 N–H and O–H groups in total. The van der Waals surface area contributed by atoms with E-state index in [0.29, 0.717) is 33.9 Å². The smallest absolute Gasteiger partial charge is 0.344 e. The summed E-state index contributed by atoms with van der Waals surface area (Å²) in [5.41, 5.74) is 8.15. The summed E-state index contributed by atoms with van der Waals surface area (Å²) in [5.74, 6) is -4.47. The van der Waals surface area contributed by atoms with Crippen LogP contribution in [0.1, 0.15) is 44.4 Å². The van der Waals surface area contributed by atoms with Crippen LogP contribution in [0.5, 0.6) is 17.2 Å². The molecule has 9 aromatic carbocycles. The Morgan fingerprint density at radius 2 is 0.655 bits per heavy atom. The first kappa shape index (κ1) is 74.2. The maximum Gasteiger partial charge on any atom is 0.344 e. The molecule has 16 nitrogen and oxygen atoms in total. The fraction of sp³-hybridized carbons (Fsp3) is 0.176. The van der Waals surface area contributed by atoms with Gasteiger partial charge >= 0.3 is 17.9 Å². The zero-order valence-electron chi connectivity index (χ0n) is 60.0. The lowest BCUT2D eigenvalue weighted by atomic mass is 9.91. The highest BCUT2D eigenvalue weighted by molar-refractivity contribution is 8.17. The van der Waals surface area contributed by atoms with Gasteiger partial charge in [-0.25, -0.2) is 14.4 Å². The lowest BCUT2D eigenvalue weighted by Gasteiger charge is -2.32.